The summed E-state index contributed by atoms with van der Waals surface area (Å²) < 4.78 is 1.95. The second-order valence-corrected chi connectivity index (χ2v) is 7.02. The van der Waals surface area contributed by atoms with Gasteiger partial charge in [0.2, 0.25) is 0 Å². The number of benzene rings is 2. The van der Waals surface area contributed by atoms with Gasteiger partial charge in [-0.1, -0.05) is 11.6 Å². The molecule has 0 saturated heterocycles. The number of hydrogen-bond acceptors (Lipinski definition) is 3. The normalized spacial score (nSPS) is 10.8. The molecule has 3 rings (SSSR count). The molecule has 0 spiro atoms. The van der Waals surface area contributed by atoms with Crippen LogP contribution in [0.4, 0.5) is 17.1 Å². The number of halogens is 3. The lowest BCUT2D eigenvalue weighted by Crippen LogP contribution is -1.97. The van der Waals surface area contributed by atoms with Crippen LogP contribution in [0, 0.1) is 3.57 Å². The molecule has 21 heavy (non-hydrogen) atoms. The Hall–Kier alpha value is -1.05. The third-order valence-corrected chi connectivity index (χ3v) is 4.61. The number of rotatable bonds is 2. The van der Waals surface area contributed by atoms with Crippen molar-refractivity contribution in [2.24, 2.45) is 0 Å². The largest absolute Gasteiger partial charge is 0.398 e. The second-order valence-electron chi connectivity index (χ2n) is 4.50. The Morgan fingerprint density at radius 2 is 1.90 bits per heavy atom. The number of nitrogens with zero attached hydrogens (tertiary/aromatic N) is 1. The second kappa shape index (κ2) is 5.98. The Kier molecular flexibility index (Phi) is 4.24. The topological polar surface area (TPSA) is 50.9 Å². The summed E-state index contributed by atoms with van der Waals surface area (Å²) in [5, 5.41) is 5.02. The third kappa shape index (κ3) is 3.09. The van der Waals surface area contributed by atoms with Crippen LogP contribution in [-0.4, -0.2) is 4.98 Å². The Morgan fingerprint density at radius 1 is 1.14 bits per heavy atom. The number of nitrogens with two attached hydrogens (primary N) is 1. The molecule has 1 heterocycles. The quantitative estimate of drug-likeness (QED) is 0.377. The summed E-state index contributed by atoms with van der Waals surface area (Å²) >= 11 is 11.7. The lowest BCUT2D eigenvalue weighted by Gasteiger charge is -2.12. The molecular formula is C15H10BrClIN3. The van der Waals surface area contributed by atoms with E-state index in [1.807, 2.05) is 36.4 Å². The fourth-order valence-electron chi connectivity index (χ4n) is 2.05. The van der Waals surface area contributed by atoms with Crippen LogP contribution in [0.5, 0.6) is 0 Å². The average Bonchev–Trinajstić information content (AvgIpc) is 2.45. The van der Waals surface area contributed by atoms with Crippen molar-refractivity contribution in [2.75, 3.05) is 11.1 Å². The molecule has 3 N–H and O–H groups in total. The van der Waals surface area contributed by atoms with Crippen molar-refractivity contribution in [3.63, 3.8) is 0 Å². The summed E-state index contributed by atoms with van der Waals surface area (Å²) in [7, 11) is 0. The number of aromatic nitrogens is 1. The Labute approximate surface area is 149 Å². The predicted molar refractivity (Wildman–Crippen MR) is 101 cm³/mol. The highest BCUT2D eigenvalue weighted by atomic mass is 127. The van der Waals surface area contributed by atoms with Crippen LogP contribution in [0.1, 0.15) is 0 Å². The zero-order chi connectivity index (χ0) is 15.0. The molecule has 0 aliphatic carbocycles. The minimum atomic E-state index is 0.704. The fourth-order valence-corrected chi connectivity index (χ4v) is 3.39. The van der Waals surface area contributed by atoms with Gasteiger partial charge in [0.15, 0.2) is 0 Å². The molecule has 2 aromatic carbocycles. The van der Waals surface area contributed by atoms with Crippen molar-refractivity contribution in [3.8, 4) is 0 Å². The van der Waals surface area contributed by atoms with E-state index < -0.39 is 0 Å². The first kappa shape index (κ1) is 14.9. The molecule has 0 aliphatic rings. The molecule has 0 radical (unpaired) electrons. The van der Waals surface area contributed by atoms with Gasteiger partial charge in [-0.15, -0.1) is 0 Å². The van der Waals surface area contributed by atoms with Crippen LogP contribution in [0.15, 0.2) is 47.1 Å². The van der Waals surface area contributed by atoms with Gasteiger partial charge in [-0.25, -0.2) is 0 Å². The number of anilines is 3. The lowest BCUT2D eigenvalue weighted by atomic mass is 10.1. The smallest absolute Gasteiger partial charge is 0.0958 e. The maximum absolute atomic E-state index is 6.03. The van der Waals surface area contributed by atoms with Gasteiger partial charge in [-0.3, -0.25) is 4.98 Å². The number of hydrogen-bond donors (Lipinski definition) is 2. The first-order chi connectivity index (χ1) is 10.0. The molecule has 0 amide bonds. The number of pyridine rings is 1. The molecule has 3 aromatic rings. The minimum absolute atomic E-state index is 0.704. The highest BCUT2D eigenvalue weighted by molar-refractivity contribution is 14.1. The fraction of sp³-hybridized carbons (Fsp3) is 0. The predicted octanol–water partition coefficient (Wildman–Crippen LogP) is 5.58. The standard InChI is InChI=1S/C15H10BrClIN3/c16-8-5-10-12(19)2-4-14(15(10)20-7-8)21-13-3-1-9(17)6-11(13)18/h1-7,21H,19H2. The highest BCUT2D eigenvalue weighted by Crippen LogP contribution is 2.32. The van der Waals surface area contributed by atoms with Crippen molar-refractivity contribution < 1.29 is 0 Å². The van der Waals surface area contributed by atoms with Gasteiger partial charge in [0.1, 0.15) is 0 Å². The van der Waals surface area contributed by atoms with Crippen molar-refractivity contribution in [2.45, 2.75) is 0 Å². The van der Waals surface area contributed by atoms with E-state index in [0.717, 1.165) is 30.3 Å². The van der Waals surface area contributed by atoms with Crippen LogP contribution in [0.3, 0.4) is 0 Å². The Bertz CT molecular complexity index is 839. The van der Waals surface area contributed by atoms with Crippen LogP contribution >= 0.6 is 50.1 Å². The summed E-state index contributed by atoms with van der Waals surface area (Å²) in [6, 6.07) is 11.5. The molecule has 6 heteroatoms. The van der Waals surface area contributed by atoms with E-state index in [2.05, 4.69) is 48.8 Å². The summed E-state index contributed by atoms with van der Waals surface area (Å²) in [5.41, 5.74) is 9.46. The van der Waals surface area contributed by atoms with Crippen molar-refractivity contribution in [1.29, 1.82) is 0 Å². The van der Waals surface area contributed by atoms with E-state index in [0.29, 0.717) is 10.7 Å². The van der Waals surface area contributed by atoms with Gasteiger partial charge >= 0.3 is 0 Å². The van der Waals surface area contributed by atoms with E-state index in [1.54, 1.807) is 6.20 Å². The Balaban J connectivity index is 2.11. The maximum atomic E-state index is 6.03. The third-order valence-electron chi connectivity index (χ3n) is 3.05. The average molecular weight is 475 g/mol. The summed E-state index contributed by atoms with van der Waals surface area (Å²) in [6.45, 7) is 0. The molecule has 0 bridgehead atoms. The molecule has 1 aromatic heterocycles. The maximum Gasteiger partial charge on any atom is 0.0958 e. The molecule has 0 unspecified atom stereocenters. The van der Waals surface area contributed by atoms with E-state index in [-0.39, 0.29) is 0 Å². The van der Waals surface area contributed by atoms with Gasteiger partial charge in [0, 0.05) is 30.3 Å². The summed E-state index contributed by atoms with van der Waals surface area (Å²) in [4.78, 5) is 4.47. The SMILES string of the molecule is Nc1ccc(Nc2ccc(Cl)cc2I)c2ncc(Br)cc12. The van der Waals surface area contributed by atoms with Gasteiger partial charge in [0.05, 0.1) is 16.9 Å². The molecule has 0 aliphatic heterocycles. The zero-order valence-corrected chi connectivity index (χ0v) is 15.2. The van der Waals surface area contributed by atoms with Crippen molar-refractivity contribution in [3.05, 3.63) is 55.7 Å². The summed E-state index contributed by atoms with van der Waals surface area (Å²) in [5.74, 6) is 0. The van der Waals surface area contributed by atoms with Gasteiger partial charge in [0.25, 0.3) is 0 Å². The van der Waals surface area contributed by atoms with Gasteiger partial charge in [-0.2, -0.15) is 0 Å². The zero-order valence-electron chi connectivity index (χ0n) is 10.7. The van der Waals surface area contributed by atoms with E-state index in [4.69, 9.17) is 17.3 Å². The molecule has 3 nitrogen and oxygen atoms in total. The van der Waals surface area contributed by atoms with Gasteiger partial charge in [-0.05, 0) is 74.9 Å². The molecule has 0 atom stereocenters. The summed E-state index contributed by atoms with van der Waals surface area (Å²) in [6.07, 6.45) is 1.76. The van der Waals surface area contributed by atoms with Crippen molar-refractivity contribution >= 4 is 78.1 Å². The first-order valence-corrected chi connectivity index (χ1v) is 8.35. The molecule has 0 saturated carbocycles. The number of fused-ring (bicyclic) bond motifs is 1. The molecule has 106 valence electrons. The van der Waals surface area contributed by atoms with Crippen LogP contribution < -0.4 is 11.1 Å². The van der Waals surface area contributed by atoms with E-state index in [1.165, 1.54) is 0 Å². The van der Waals surface area contributed by atoms with E-state index in [9.17, 15) is 0 Å². The number of nitrogen functional groups attached to an aromatic ring is 1. The van der Waals surface area contributed by atoms with Crippen molar-refractivity contribution in [1.82, 2.24) is 4.98 Å². The number of nitrogens with one attached hydrogen (secondary N) is 1. The lowest BCUT2D eigenvalue weighted by molar-refractivity contribution is 1.38. The molecular weight excluding hydrogens is 464 g/mol. The first-order valence-electron chi connectivity index (χ1n) is 6.10. The monoisotopic (exact) mass is 473 g/mol. The molecule has 0 fully saturated rings. The van der Waals surface area contributed by atoms with E-state index >= 15 is 0 Å². The van der Waals surface area contributed by atoms with Gasteiger partial charge < -0.3 is 11.1 Å². The van der Waals surface area contributed by atoms with Crippen LogP contribution in [-0.2, 0) is 0 Å². The van der Waals surface area contributed by atoms with Crippen LogP contribution in [0.25, 0.3) is 10.9 Å². The highest BCUT2D eigenvalue weighted by Gasteiger charge is 2.08. The van der Waals surface area contributed by atoms with Crippen LogP contribution in [0.2, 0.25) is 5.02 Å². The minimum Gasteiger partial charge on any atom is -0.398 e. The Morgan fingerprint density at radius 3 is 2.67 bits per heavy atom.